The van der Waals surface area contributed by atoms with Crippen molar-refractivity contribution in [1.29, 1.82) is 0 Å². The van der Waals surface area contributed by atoms with Gasteiger partial charge in [0.2, 0.25) is 0 Å². The molecule has 0 atom stereocenters. The summed E-state index contributed by atoms with van der Waals surface area (Å²) in [5, 5.41) is 27.1. The molecule has 0 unspecified atom stereocenters. The number of carboxylic acids is 1. The minimum absolute atomic E-state index is 0.0515. The second-order valence-electron chi connectivity index (χ2n) is 4.79. The van der Waals surface area contributed by atoms with Crippen LogP contribution in [0.15, 0.2) is 24.3 Å². The SMILES string of the molecule is Cc1nnn(Cc2cc(C(F)(F)F)ccc2/C=C/C(=O)O)n1.NC(=O)O. The van der Waals surface area contributed by atoms with Crippen LogP contribution >= 0.6 is 0 Å². The number of halogens is 3. The molecule has 0 saturated carbocycles. The first-order valence-electron chi connectivity index (χ1n) is 6.83. The molecular formula is C14H14F3N5O4. The van der Waals surface area contributed by atoms with Gasteiger partial charge in [0.05, 0.1) is 12.1 Å². The molecule has 2 rings (SSSR count). The van der Waals surface area contributed by atoms with Crippen LogP contribution in [0.4, 0.5) is 18.0 Å². The van der Waals surface area contributed by atoms with Gasteiger partial charge in [0.15, 0.2) is 5.82 Å². The molecule has 1 aromatic heterocycles. The van der Waals surface area contributed by atoms with Crippen LogP contribution in [0, 0.1) is 6.92 Å². The number of nitrogens with two attached hydrogens (primary N) is 1. The zero-order valence-corrected chi connectivity index (χ0v) is 13.3. The molecule has 1 aromatic carbocycles. The van der Waals surface area contributed by atoms with Crippen molar-refractivity contribution in [2.24, 2.45) is 5.73 Å². The van der Waals surface area contributed by atoms with Crippen LogP contribution in [-0.4, -0.2) is 42.5 Å². The molecule has 0 saturated heterocycles. The number of primary amides is 1. The first-order valence-corrected chi connectivity index (χ1v) is 6.83. The van der Waals surface area contributed by atoms with E-state index in [4.69, 9.17) is 15.0 Å². The maximum Gasteiger partial charge on any atom is 0.416 e. The van der Waals surface area contributed by atoms with Crippen molar-refractivity contribution in [2.75, 3.05) is 0 Å². The van der Waals surface area contributed by atoms with Gasteiger partial charge in [0.25, 0.3) is 0 Å². The van der Waals surface area contributed by atoms with Gasteiger partial charge in [-0.25, -0.2) is 9.59 Å². The molecule has 0 aliphatic rings. The van der Waals surface area contributed by atoms with E-state index in [-0.39, 0.29) is 12.1 Å². The van der Waals surface area contributed by atoms with Gasteiger partial charge < -0.3 is 15.9 Å². The molecule has 0 fully saturated rings. The van der Waals surface area contributed by atoms with E-state index >= 15 is 0 Å². The highest BCUT2D eigenvalue weighted by molar-refractivity contribution is 5.85. The third-order valence-corrected chi connectivity index (χ3v) is 2.74. The number of aryl methyl sites for hydroxylation is 1. The molecule has 0 radical (unpaired) electrons. The van der Waals surface area contributed by atoms with Crippen molar-refractivity contribution in [3.63, 3.8) is 0 Å². The summed E-state index contributed by atoms with van der Waals surface area (Å²) in [4.78, 5) is 20.5. The number of aromatic nitrogens is 4. The highest BCUT2D eigenvalue weighted by Gasteiger charge is 2.30. The molecule has 2 aromatic rings. The molecule has 1 amide bonds. The predicted molar refractivity (Wildman–Crippen MR) is 82.0 cm³/mol. The van der Waals surface area contributed by atoms with E-state index in [1.807, 2.05) is 0 Å². The minimum Gasteiger partial charge on any atom is -0.478 e. The average molecular weight is 373 g/mol. The normalized spacial score (nSPS) is 11.1. The number of rotatable bonds is 4. The number of hydrogen-bond donors (Lipinski definition) is 3. The van der Waals surface area contributed by atoms with E-state index in [0.29, 0.717) is 11.4 Å². The lowest BCUT2D eigenvalue weighted by molar-refractivity contribution is -0.137. The summed E-state index contributed by atoms with van der Waals surface area (Å²) >= 11 is 0. The van der Waals surface area contributed by atoms with Gasteiger partial charge in [-0.3, -0.25) is 0 Å². The number of amides is 1. The van der Waals surface area contributed by atoms with E-state index in [1.165, 1.54) is 12.1 Å². The van der Waals surface area contributed by atoms with Crippen LogP contribution in [-0.2, 0) is 17.5 Å². The standard InChI is InChI=1S/C13H11F3N4O2.CH3NO2/c1-8-17-19-20(18-8)7-10-6-11(13(14,15)16)4-2-9(10)3-5-12(21)22;2-1(3)4/h2-6H,7H2,1H3,(H,21,22);2H2,(H,3,4)/b5-3+;. The Hall–Kier alpha value is -3.44. The molecule has 0 aliphatic carbocycles. The zero-order valence-electron chi connectivity index (χ0n) is 13.3. The first-order chi connectivity index (χ1) is 12.0. The van der Waals surface area contributed by atoms with Crippen molar-refractivity contribution in [2.45, 2.75) is 19.6 Å². The summed E-state index contributed by atoms with van der Waals surface area (Å²) in [5.74, 6) is -0.810. The smallest absolute Gasteiger partial charge is 0.416 e. The molecule has 26 heavy (non-hydrogen) atoms. The Kier molecular flexibility index (Phi) is 6.81. The maximum atomic E-state index is 12.8. The van der Waals surface area contributed by atoms with Gasteiger partial charge in [-0.1, -0.05) is 6.07 Å². The Labute approximate surface area is 144 Å². The highest BCUT2D eigenvalue weighted by atomic mass is 19.4. The molecule has 140 valence electrons. The van der Waals surface area contributed by atoms with Crippen molar-refractivity contribution in [3.05, 3.63) is 46.8 Å². The quantitative estimate of drug-likeness (QED) is 0.693. The number of alkyl halides is 3. The molecule has 0 aliphatic heterocycles. The van der Waals surface area contributed by atoms with Crippen LogP contribution in [0.1, 0.15) is 22.5 Å². The van der Waals surface area contributed by atoms with E-state index in [0.717, 1.165) is 23.0 Å². The van der Waals surface area contributed by atoms with E-state index in [9.17, 15) is 18.0 Å². The fraction of sp³-hybridized carbons (Fsp3) is 0.214. The first kappa shape index (κ1) is 20.6. The second kappa shape index (κ2) is 8.60. The number of aliphatic carboxylic acids is 1. The summed E-state index contributed by atoms with van der Waals surface area (Å²) in [7, 11) is 0. The number of hydrogen-bond acceptors (Lipinski definition) is 5. The molecule has 4 N–H and O–H groups in total. The second-order valence-corrected chi connectivity index (χ2v) is 4.79. The van der Waals surface area contributed by atoms with Gasteiger partial charge in [-0.15, -0.1) is 10.2 Å². The summed E-state index contributed by atoms with van der Waals surface area (Å²) in [6, 6.07) is 3.05. The Morgan fingerprint density at radius 3 is 2.38 bits per heavy atom. The van der Waals surface area contributed by atoms with Crippen LogP contribution in [0.2, 0.25) is 0 Å². The topological polar surface area (TPSA) is 144 Å². The Bertz CT molecular complexity index is 813. The van der Waals surface area contributed by atoms with Crippen LogP contribution < -0.4 is 5.73 Å². The molecule has 0 bridgehead atoms. The molecule has 1 heterocycles. The highest BCUT2D eigenvalue weighted by Crippen LogP contribution is 2.31. The number of nitrogens with zero attached hydrogens (tertiary/aromatic N) is 4. The van der Waals surface area contributed by atoms with Crippen molar-refractivity contribution in [1.82, 2.24) is 20.2 Å². The third-order valence-electron chi connectivity index (χ3n) is 2.74. The lowest BCUT2D eigenvalue weighted by atomic mass is 10.0. The molecule has 0 spiro atoms. The number of carbonyl (C=O) groups is 2. The summed E-state index contributed by atoms with van der Waals surface area (Å²) in [6.45, 7) is 1.55. The fourth-order valence-electron chi connectivity index (χ4n) is 1.79. The summed E-state index contributed by atoms with van der Waals surface area (Å²) < 4.78 is 38.4. The van der Waals surface area contributed by atoms with Gasteiger partial charge in [-0.05, 0) is 41.5 Å². The maximum absolute atomic E-state index is 12.8. The molecule has 9 nitrogen and oxygen atoms in total. The number of benzene rings is 1. The fourth-order valence-corrected chi connectivity index (χ4v) is 1.79. The van der Waals surface area contributed by atoms with Crippen molar-refractivity contribution < 1.29 is 33.0 Å². The summed E-state index contributed by atoms with van der Waals surface area (Å²) in [6.07, 6.45) is -3.75. The lowest BCUT2D eigenvalue weighted by Crippen LogP contribution is -2.10. The number of tetrazole rings is 1. The lowest BCUT2D eigenvalue weighted by Gasteiger charge is -2.11. The minimum atomic E-state index is -4.49. The monoisotopic (exact) mass is 373 g/mol. The van der Waals surface area contributed by atoms with E-state index < -0.39 is 23.8 Å². The largest absolute Gasteiger partial charge is 0.478 e. The predicted octanol–water partition coefficient (Wildman–Crippen LogP) is 1.77. The van der Waals surface area contributed by atoms with Gasteiger partial charge >= 0.3 is 18.2 Å². The zero-order chi connectivity index (χ0) is 19.9. The average Bonchev–Trinajstić information content (AvgIpc) is 2.89. The number of carboxylic acid groups (broad SMARTS) is 2. The van der Waals surface area contributed by atoms with Crippen molar-refractivity contribution >= 4 is 18.1 Å². The Balaban J connectivity index is 0.000000765. The summed E-state index contributed by atoms with van der Waals surface area (Å²) in [5.41, 5.74) is 3.78. The molecule has 12 heteroatoms. The van der Waals surface area contributed by atoms with Gasteiger partial charge in [0.1, 0.15) is 0 Å². The van der Waals surface area contributed by atoms with E-state index in [1.54, 1.807) is 6.92 Å². The van der Waals surface area contributed by atoms with Gasteiger partial charge in [0, 0.05) is 6.08 Å². The van der Waals surface area contributed by atoms with Crippen LogP contribution in [0.5, 0.6) is 0 Å². The van der Waals surface area contributed by atoms with Crippen LogP contribution in [0.3, 0.4) is 0 Å². The van der Waals surface area contributed by atoms with Crippen LogP contribution in [0.25, 0.3) is 6.08 Å². The molecular weight excluding hydrogens is 359 g/mol. The van der Waals surface area contributed by atoms with Crippen molar-refractivity contribution in [3.8, 4) is 0 Å². The van der Waals surface area contributed by atoms with Gasteiger partial charge in [-0.2, -0.15) is 18.0 Å². The Morgan fingerprint density at radius 1 is 1.31 bits per heavy atom. The van der Waals surface area contributed by atoms with E-state index in [2.05, 4.69) is 21.1 Å². The third kappa shape index (κ3) is 6.98. The Morgan fingerprint density at radius 2 is 1.92 bits per heavy atom.